The molecule has 0 aliphatic heterocycles. The van der Waals surface area contributed by atoms with Crippen LogP contribution in [0.2, 0.25) is 0 Å². The van der Waals surface area contributed by atoms with E-state index in [2.05, 4.69) is 4.98 Å². The lowest BCUT2D eigenvalue weighted by molar-refractivity contribution is 0.0676. The summed E-state index contributed by atoms with van der Waals surface area (Å²) in [6.45, 7) is 0. The third kappa shape index (κ3) is 1.57. The highest BCUT2D eigenvalue weighted by atomic mass is 16.3. The van der Waals surface area contributed by atoms with Gasteiger partial charge in [0.05, 0.1) is 23.4 Å². The first-order valence-electron chi connectivity index (χ1n) is 5.70. The Bertz CT molecular complexity index is 583. The maximum absolute atomic E-state index is 9.99. The first-order valence-corrected chi connectivity index (χ1v) is 5.70. The maximum Gasteiger partial charge on any atom is 0.0852 e. The lowest BCUT2D eigenvalue weighted by atomic mass is 9.89. The van der Waals surface area contributed by atoms with Crippen LogP contribution in [0, 0.1) is 0 Å². The van der Waals surface area contributed by atoms with Crippen molar-refractivity contribution in [1.82, 2.24) is 4.98 Å². The predicted octanol–water partition coefficient (Wildman–Crippen LogP) is 1.16. The van der Waals surface area contributed by atoms with Gasteiger partial charge in [-0.2, -0.15) is 0 Å². The highest BCUT2D eigenvalue weighted by Gasteiger charge is 2.28. The molecule has 88 valence electrons. The van der Waals surface area contributed by atoms with Gasteiger partial charge in [-0.15, -0.1) is 0 Å². The predicted molar refractivity (Wildman–Crippen MR) is 65.4 cm³/mol. The highest BCUT2D eigenvalue weighted by molar-refractivity contribution is 5.92. The van der Waals surface area contributed by atoms with Gasteiger partial charge < -0.3 is 15.9 Å². The Hall–Kier alpha value is -1.65. The topological polar surface area (TPSA) is 79.4 Å². The van der Waals surface area contributed by atoms with Crippen molar-refractivity contribution in [1.29, 1.82) is 0 Å². The zero-order valence-electron chi connectivity index (χ0n) is 9.30. The van der Waals surface area contributed by atoms with Crippen LogP contribution >= 0.6 is 0 Å². The van der Waals surface area contributed by atoms with Crippen LogP contribution < -0.4 is 5.73 Å². The number of hydrogen-bond acceptors (Lipinski definition) is 4. The fraction of sp³-hybridized carbons (Fsp3) is 0.308. The molecule has 0 amide bonds. The standard InChI is InChI=1S/C13H14N2O2/c14-13-8-3-1-2-4-9(8)15-10-5-7(16)6-11(17)12(10)13/h1-4,7,11,16-17H,5-6H2,(H2,14,15)/t7-,11-/m1/s1. The summed E-state index contributed by atoms with van der Waals surface area (Å²) in [5.74, 6) is 0. The number of pyridine rings is 1. The average molecular weight is 230 g/mol. The van der Waals surface area contributed by atoms with Crippen LogP contribution in [0.1, 0.15) is 23.8 Å². The molecule has 0 spiro atoms. The minimum atomic E-state index is -0.717. The van der Waals surface area contributed by atoms with Gasteiger partial charge in [0, 0.05) is 29.5 Å². The molecule has 1 aliphatic rings. The molecule has 4 N–H and O–H groups in total. The van der Waals surface area contributed by atoms with Gasteiger partial charge in [0.2, 0.25) is 0 Å². The molecule has 0 unspecified atom stereocenters. The number of anilines is 1. The van der Waals surface area contributed by atoms with Crippen LogP contribution in [0.3, 0.4) is 0 Å². The molecular weight excluding hydrogens is 216 g/mol. The largest absolute Gasteiger partial charge is 0.398 e. The summed E-state index contributed by atoms with van der Waals surface area (Å²) in [6, 6.07) is 7.59. The summed E-state index contributed by atoms with van der Waals surface area (Å²) < 4.78 is 0. The Kier molecular flexibility index (Phi) is 2.28. The lowest BCUT2D eigenvalue weighted by Gasteiger charge is -2.26. The van der Waals surface area contributed by atoms with Crippen molar-refractivity contribution in [3.05, 3.63) is 35.5 Å². The molecule has 4 nitrogen and oxygen atoms in total. The number of aliphatic hydroxyl groups is 2. The molecule has 0 saturated heterocycles. The van der Waals surface area contributed by atoms with Crippen molar-refractivity contribution in [2.45, 2.75) is 25.0 Å². The van der Waals surface area contributed by atoms with E-state index >= 15 is 0 Å². The van der Waals surface area contributed by atoms with Crippen LogP contribution in [0.15, 0.2) is 24.3 Å². The van der Waals surface area contributed by atoms with Crippen molar-refractivity contribution in [3.8, 4) is 0 Å². The Labute approximate surface area is 98.7 Å². The number of para-hydroxylation sites is 1. The number of aliphatic hydroxyl groups excluding tert-OH is 2. The second kappa shape index (κ2) is 3.68. The van der Waals surface area contributed by atoms with Gasteiger partial charge in [-0.3, -0.25) is 4.98 Å². The Morgan fingerprint density at radius 1 is 1.24 bits per heavy atom. The summed E-state index contributed by atoms with van der Waals surface area (Å²) in [6.07, 6.45) is -0.463. The van der Waals surface area contributed by atoms with Crippen LogP contribution in [-0.4, -0.2) is 21.3 Å². The number of nitrogens with two attached hydrogens (primary N) is 1. The van der Waals surface area contributed by atoms with Crippen molar-refractivity contribution in [2.24, 2.45) is 0 Å². The highest BCUT2D eigenvalue weighted by Crippen LogP contribution is 2.36. The third-order valence-electron chi connectivity index (χ3n) is 3.31. The molecule has 1 aliphatic carbocycles. The number of nitrogens with zero attached hydrogens (tertiary/aromatic N) is 1. The van der Waals surface area contributed by atoms with Gasteiger partial charge in [0.25, 0.3) is 0 Å². The molecule has 2 atom stereocenters. The summed E-state index contributed by atoms with van der Waals surface area (Å²) in [5.41, 5.74) is 8.90. The molecule has 1 aromatic carbocycles. The van der Waals surface area contributed by atoms with E-state index in [-0.39, 0.29) is 0 Å². The molecule has 2 aromatic rings. The van der Waals surface area contributed by atoms with E-state index in [0.29, 0.717) is 29.8 Å². The molecule has 3 rings (SSSR count). The van der Waals surface area contributed by atoms with Gasteiger partial charge in [0.15, 0.2) is 0 Å². The molecule has 4 heteroatoms. The van der Waals surface area contributed by atoms with Crippen LogP contribution in [0.5, 0.6) is 0 Å². The molecule has 0 fully saturated rings. The minimum Gasteiger partial charge on any atom is -0.398 e. The number of fused-ring (bicyclic) bond motifs is 2. The number of rotatable bonds is 0. The summed E-state index contributed by atoms with van der Waals surface area (Å²) in [4.78, 5) is 4.48. The second-order valence-corrected chi connectivity index (χ2v) is 4.51. The van der Waals surface area contributed by atoms with E-state index in [1.165, 1.54) is 0 Å². The first kappa shape index (κ1) is 10.5. The van der Waals surface area contributed by atoms with Gasteiger partial charge in [-0.1, -0.05) is 18.2 Å². The fourth-order valence-electron chi connectivity index (χ4n) is 2.51. The third-order valence-corrected chi connectivity index (χ3v) is 3.31. The molecular formula is C13H14N2O2. The summed E-state index contributed by atoms with van der Waals surface area (Å²) in [7, 11) is 0. The summed E-state index contributed by atoms with van der Waals surface area (Å²) in [5, 5.41) is 20.5. The lowest BCUT2D eigenvalue weighted by Crippen LogP contribution is -2.24. The van der Waals surface area contributed by atoms with E-state index in [1.807, 2.05) is 24.3 Å². The zero-order chi connectivity index (χ0) is 12.0. The van der Waals surface area contributed by atoms with Crippen molar-refractivity contribution in [3.63, 3.8) is 0 Å². The Morgan fingerprint density at radius 2 is 2.00 bits per heavy atom. The Morgan fingerprint density at radius 3 is 2.82 bits per heavy atom. The van der Waals surface area contributed by atoms with Gasteiger partial charge in [-0.05, 0) is 6.07 Å². The quantitative estimate of drug-likeness (QED) is 0.634. The molecule has 0 saturated carbocycles. The molecule has 0 radical (unpaired) electrons. The number of aromatic nitrogens is 1. The van der Waals surface area contributed by atoms with E-state index in [4.69, 9.17) is 5.73 Å². The number of nitrogen functional groups attached to an aromatic ring is 1. The molecule has 17 heavy (non-hydrogen) atoms. The average Bonchev–Trinajstić information content (AvgIpc) is 2.28. The monoisotopic (exact) mass is 230 g/mol. The van der Waals surface area contributed by atoms with Crippen LogP contribution in [0.4, 0.5) is 5.69 Å². The zero-order valence-corrected chi connectivity index (χ0v) is 9.30. The first-order chi connectivity index (χ1) is 8.16. The SMILES string of the molecule is Nc1c2c(nc3ccccc13)C[C@@H](O)C[C@H]2O. The van der Waals surface area contributed by atoms with E-state index in [9.17, 15) is 10.2 Å². The number of benzene rings is 1. The molecule has 0 bridgehead atoms. The van der Waals surface area contributed by atoms with E-state index in [1.54, 1.807) is 0 Å². The van der Waals surface area contributed by atoms with E-state index in [0.717, 1.165) is 10.9 Å². The Balaban J connectivity index is 2.31. The maximum atomic E-state index is 9.99. The van der Waals surface area contributed by atoms with Gasteiger partial charge in [0.1, 0.15) is 0 Å². The van der Waals surface area contributed by atoms with Crippen molar-refractivity contribution < 1.29 is 10.2 Å². The van der Waals surface area contributed by atoms with Crippen molar-refractivity contribution in [2.75, 3.05) is 5.73 Å². The second-order valence-electron chi connectivity index (χ2n) is 4.51. The van der Waals surface area contributed by atoms with E-state index < -0.39 is 12.2 Å². The smallest absolute Gasteiger partial charge is 0.0852 e. The normalized spacial score (nSPS) is 23.6. The number of hydrogen-bond donors (Lipinski definition) is 3. The molecule has 1 aromatic heterocycles. The minimum absolute atomic E-state index is 0.331. The fourth-order valence-corrected chi connectivity index (χ4v) is 2.51. The molecule has 1 heterocycles. The van der Waals surface area contributed by atoms with Gasteiger partial charge in [-0.25, -0.2) is 0 Å². The van der Waals surface area contributed by atoms with Crippen LogP contribution in [0.25, 0.3) is 10.9 Å². The van der Waals surface area contributed by atoms with Gasteiger partial charge >= 0.3 is 0 Å². The summed E-state index contributed by atoms with van der Waals surface area (Å²) >= 11 is 0. The van der Waals surface area contributed by atoms with Crippen molar-refractivity contribution >= 4 is 16.6 Å². The van der Waals surface area contributed by atoms with Crippen LogP contribution in [-0.2, 0) is 6.42 Å².